The van der Waals surface area contributed by atoms with E-state index in [-0.39, 0.29) is 6.04 Å². The summed E-state index contributed by atoms with van der Waals surface area (Å²) in [4.78, 5) is 13.2. The number of hydrogen-bond acceptors (Lipinski definition) is 5. The van der Waals surface area contributed by atoms with Gasteiger partial charge in [-0.25, -0.2) is 9.97 Å². The zero-order chi connectivity index (χ0) is 13.0. The van der Waals surface area contributed by atoms with E-state index in [1.807, 2.05) is 13.0 Å². The van der Waals surface area contributed by atoms with E-state index in [1.165, 1.54) is 0 Å². The lowest BCUT2D eigenvalue weighted by Crippen LogP contribution is -2.50. The van der Waals surface area contributed by atoms with Gasteiger partial charge in [0.25, 0.3) is 0 Å². The standard InChI is InChI=1S/C13H19N5/c1-3-12(10-14)17-6-8-18(9-7-17)13-15-5-4-11(2)16-13/h4-5,12H,3,6-9H2,1-2H3. The SMILES string of the molecule is CCC(C#N)N1CCN(c2nccc(C)n2)CC1. The normalized spacial score (nSPS) is 18.4. The monoisotopic (exact) mass is 245 g/mol. The number of hydrogen-bond donors (Lipinski definition) is 0. The number of aromatic nitrogens is 2. The van der Waals surface area contributed by atoms with Gasteiger partial charge in [-0.1, -0.05) is 6.92 Å². The van der Waals surface area contributed by atoms with Gasteiger partial charge in [0.15, 0.2) is 0 Å². The van der Waals surface area contributed by atoms with Crippen LogP contribution >= 0.6 is 0 Å². The average molecular weight is 245 g/mol. The van der Waals surface area contributed by atoms with Crippen LogP contribution in [0.15, 0.2) is 12.3 Å². The average Bonchev–Trinajstić information content (AvgIpc) is 2.41. The number of piperazine rings is 1. The first-order valence-electron chi connectivity index (χ1n) is 6.43. The molecule has 96 valence electrons. The molecule has 5 nitrogen and oxygen atoms in total. The van der Waals surface area contributed by atoms with Crippen molar-refractivity contribution in [2.75, 3.05) is 31.1 Å². The van der Waals surface area contributed by atoms with Crippen LogP contribution < -0.4 is 4.90 Å². The van der Waals surface area contributed by atoms with Crippen molar-refractivity contribution in [2.24, 2.45) is 0 Å². The molecule has 0 saturated carbocycles. The summed E-state index contributed by atoms with van der Waals surface area (Å²) >= 11 is 0. The number of nitriles is 1. The first-order chi connectivity index (χ1) is 8.74. The second-order valence-corrected chi connectivity index (χ2v) is 4.57. The number of nitrogens with zero attached hydrogens (tertiary/aromatic N) is 5. The van der Waals surface area contributed by atoms with Gasteiger partial charge >= 0.3 is 0 Å². The second kappa shape index (κ2) is 5.78. The van der Waals surface area contributed by atoms with Crippen molar-refractivity contribution < 1.29 is 0 Å². The van der Waals surface area contributed by atoms with Crippen molar-refractivity contribution in [1.82, 2.24) is 14.9 Å². The molecule has 0 radical (unpaired) electrons. The van der Waals surface area contributed by atoms with Gasteiger partial charge in [-0.15, -0.1) is 0 Å². The topological polar surface area (TPSA) is 56.1 Å². The third-order valence-corrected chi connectivity index (χ3v) is 3.36. The first kappa shape index (κ1) is 12.8. The molecule has 2 heterocycles. The van der Waals surface area contributed by atoms with Gasteiger partial charge in [-0.3, -0.25) is 4.90 Å². The number of aryl methyl sites for hydroxylation is 1. The maximum absolute atomic E-state index is 9.07. The molecule has 1 fully saturated rings. The van der Waals surface area contributed by atoms with Gasteiger partial charge in [0.1, 0.15) is 0 Å². The zero-order valence-corrected chi connectivity index (χ0v) is 11.0. The molecule has 1 aromatic rings. The second-order valence-electron chi connectivity index (χ2n) is 4.57. The highest BCUT2D eigenvalue weighted by Crippen LogP contribution is 2.13. The van der Waals surface area contributed by atoms with Crippen LogP contribution in [0.3, 0.4) is 0 Å². The molecule has 2 rings (SSSR count). The maximum atomic E-state index is 9.07. The molecule has 0 aliphatic carbocycles. The molecule has 1 saturated heterocycles. The van der Waals surface area contributed by atoms with Crippen molar-refractivity contribution in [2.45, 2.75) is 26.3 Å². The van der Waals surface area contributed by atoms with Gasteiger partial charge in [0, 0.05) is 38.1 Å². The van der Waals surface area contributed by atoms with Gasteiger partial charge in [-0.2, -0.15) is 5.26 Å². The van der Waals surface area contributed by atoms with Crippen LogP contribution in [-0.4, -0.2) is 47.1 Å². The van der Waals surface area contributed by atoms with E-state index in [0.717, 1.165) is 44.2 Å². The Morgan fingerprint density at radius 1 is 1.39 bits per heavy atom. The summed E-state index contributed by atoms with van der Waals surface area (Å²) in [6, 6.07) is 4.31. The highest BCUT2D eigenvalue weighted by Gasteiger charge is 2.23. The third-order valence-electron chi connectivity index (χ3n) is 3.36. The highest BCUT2D eigenvalue weighted by atomic mass is 15.3. The summed E-state index contributed by atoms with van der Waals surface area (Å²) in [5.41, 5.74) is 0.992. The van der Waals surface area contributed by atoms with Crippen LogP contribution in [0.2, 0.25) is 0 Å². The Balaban J connectivity index is 1.97. The van der Waals surface area contributed by atoms with Gasteiger partial charge in [0.2, 0.25) is 5.95 Å². The quantitative estimate of drug-likeness (QED) is 0.801. The molecule has 0 spiro atoms. The lowest BCUT2D eigenvalue weighted by molar-refractivity contribution is 0.215. The van der Waals surface area contributed by atoms with Crippen LogP contribution in [0, 0.1) is 18.3 Å². The fourth-order valence-electron chi connectivity index (χ4n) is 2.25. The lowest BCUT2D eigenvalue weighted by Gasteiger charge is -2.36. The Morgan fingerprint density at radius 2 is 2.11 bits per heavy atom. The van der Waals surface area contributed by atoms with Crippen LogP contribution in [0.4, 0.5) is 5.95 Å². The summed E-state index contributed by atoms with van der Waals surface area (Å²) in [6.45, 7) is 7.63. The summed E-state index contributed by atoms with van der Waals surface area (Å²) in [5.74, 6) is 0.805. The molecule has 1 aromatic heterocycles. The van der Waals surface area contributed by atoms with Gasteiger partial charge in [0.05, 0.1) is 12.1 Å². The number of rotatable bonds is 3. The van der Waals surface area contributed by atoms with Crippen molar-refractivity contribution in [1.29, 1.82) is 5.26 Å². The molecule has 0 aromatic carbocycles. The van der Waals surface area contributed by atoms with Crippen molar-refractivity contribution >= 4 is 5.95 Å². The molecule has 1 aliphatic rings. The molecule has 1 atom stereocenters. The fraction of sp³-hybridized carbons (Fsp3) is 0.615. The first-order valence-corrected chi connectivity index (χ1v) is 6.43. The van der Waals surface area contributed by atoms with E-state index in [2.05, 4.69) is 32.8 Å². The summed E-state index contributed by atoms with van der Waals surface area (Å²) in [6.07, 6.45) is 2.69. The minimum atomic E-state index is 0.0468. The van der Waals surface area contributed by atoms with Crippen LogP contribution in [0.5, 0.6) is 0 Å². The van der Waals surface area contributed by atoms with Crippen molar-refractivity contribution in [3.05, 3.63) is 18.0 Å². The van der Waals surface area contributed by atoms with Gasteiger partial charge < -0.3 is 4.90 Å². The van der Waals surface area contributed by atoms with Gasteiger partial charge in [-0.05, 0) is 19.4 Å². The zero-order valence-electron chi connectivity index (χ0n) is 11.0. The molecule has 0 bridgehead atoms. The van der Waals surface area contributed by atoms with Crippen molar-refractivity contribution in [3.63, 3.8) is 0 Å². The van der Waals surface area contributed by atoms with Crippen LogP contribution in [-0.2, 0) is 0 Å². The smallest absolute Gasteiger partial charge is 0.225 e. The molecular weight excluding hydrogens is 226 g/mol. The van der Waals surface area contributed by atoms with E-state index >= 15 is 0 Å². The highest BCUT2D eigenvalue weighted by molar-refractivity contribution is 5.31. The summed E-state index contributed by atoms with van der Waals surface area (Å²) in [5, 5.41) is 9.07. The maximum Gasteiger partial charge on any atom is 0.225 e. The van der Waals surface area contributed by atoms with E-state index in [4.69, 9.17) is 5.26 Å². The lowest BCUT2D eigenvalue weighted by atomic mass is 10.2. The molecule has 18 heavy (non-hydrogen) atoms. The molecule has 5 heteroatoms. The molecule has 1 aliphatic heterocycles. The van der Waals surface area contributed by atoms with E-state index in [9.17, 15) is 0 Å². The van der Waals surface area contributed by atoms with E-state index < -0.39 is 0 Å². The molecule has 0 amide bonds. The summed E-state index contributed by atoms with van der Waals surface area (Å²) in [7, 11) is 0. The predicted molar refractivity (Wildman–Crippen MR) is 70.2 cm³/mol. The summed E-state index contributed by atoms with van der Waals surface area (Å²) < 4.78 is 0. The van der Waals surface area contributed by atoms with Crippen LogP contribution in [0.25, 0.3) is 0 Å². The molecular formula is C13H19N5. The largest absolute Gasteiger partial charge is 0.338 e. The minimum Gasteiger partial charge on any atom is -0.338 e. The Hall–Kier alpha value is -1.67. The minimum absolute atomic E-state index is 0.0468. The molecule has 1 unspecified atom stereocenters. The third kappa shape index (κ3) is 2.77. The van der Waals surface area contributed by atoms with Crippen molar-refractivity contribution in [3.8, 4) is 6.07 Å². The van der Waals surface area contributed by atoms with E-state index in [1.54, 1.807) is 6.20 Å². The Kier molecular flexibility index (Phi) is 4.11. The Labute approximate surface area is 108 Å². The fourth-order valence-corrected chi connectivity index (χ4v) is 2.25. The number of anilines is 1. The Bertz CT molecular complexity index is 431. The predicted octanol–water partition coefficient (Wildman–Crippen LogP) is 1.21. The van der Waals surface area contributed by atoms with E-state index in [0.29, 0.717) is 0 Å². The Morgan fingerprint density at radius 3 is 2.67 bits per heavy atom. The van der Waals surface area contributed by atoms with Crippen LogP contribution in [0.1, 0.15) is 19.0 Å². The molecule has 0 N–H and O–H groups in total.